The van der Waals surface area contributed by atoms with Crippen LogP contribution in [0.1, 0.15) is 44.8 Å². The number of unbranched alkanes of at least 4 members (excludes halogenated alkanes) is 4. The third kappa shape index (κ3) is 3.56. The number of rotatable bonds is 7. The maximum Gasteiger partial charge on any atom is 0.176 e. The number of nitrogen functional groups attached to an aromatic ring is 1. The van der Waals surface area contributed by atoms with Crippen LogP contribution in [0, 0.1) is 0 Å². The van der Waals surface area contributed by atoms with Crippen molar-refractivity contribution in [2.45, 2.75) is 45.4 Å². The molecule has 0 aliphatic heterocycles. The third-order valence-electron chi connectivity index (χ3n) is 3.22. The highest BCUT2D eigenvalue weighted by Gasteiger charge is 2.16. The molecule has 0 fully saturated rings. The maximum atomic E-state index is 5.88. The fourth-order valence-electron chi connectivity index (χ4n) is 2.18. The molecule has 0 bridgehead atoms. The molecule has 0 aromatic carbocycles. The highest BCUT2D eigenvalue weighted by atomic mass is 16.5. The molecule has 0 atom stereocenters. The zero-order chi connectivity index (χ0) is 13.5. The molecule has 2 aromatic heterocycles. The molecule has 2 rings (SSSR count). The highest BCUT2D eigenvalue weighted by Crippen LogP contribution is 2.28. The van der Waals surface area contributed by atoms with Gasteiger partial charge in [0.2, 0.25) is 0 Å². The largest absolute Gasteiger partial charge is 0.380 e. The van der Waals surface area contributed by atoms with Gasteiger partial charge in [0.05, 0.1) is 11.3 Å². The summed E-state index contributed by atoms with van der Waals surface area (Å²) in [6, 6.07) is 5.76. The van der Waals surface area contributed by atoms with Crippen LogP contribution in [0.25, 0.3) is 11.3 Å². The smallest absolute Gasteiger partial charge is 0.176 e. The van der Waals surface area contributed by atoms with Gasteiger partial charge in [-0.05, 0) is 18.6 Å². The SMILES string of the molecule is CCCCCCCc1onc(N)c1-c1ccccn1. The molecule has 0 spiro atoms. The second kappa shape index (κ2) is 6.92. The lowest BCUT2D eigenvalue weighted by Gasteiger charge is -2.02. The standard InChI is InChI=1S/C15H21N3O/c1-2-3-4-5-6-10-13-14(15(16)18-19-13)12-9-7-8-11-17-12/h7-9,11H,2-6,10H2,1H3,(H2,16,18). The Morgan fingerprint density at radius 1 is 1.16 bits per heavy atom. The first-order chi connectivity index (χ1) is 9.33. The number of nitrogens with two attached hydrogens (primary N) is 1. The minimum Gasteiger partial charge on any atom is -0.380 e. The van der Waals surface area contributed by atoms with Gasteiger partial charge in [-0.2, -0.15) is 0 Å². The molecule has 4 heteroatoms. The van der Waals surface area contributed by atoms with E-state index in [-0.39, 0.29) is 0 Å². The second-order valence-corrected chi connectivity index (χ2v) is 4.75. The Morgan fingerprint density at radius 3 is 2.74 bits per heavy atom. The predicted octanol–water partition coefficient (Wildman–Crippen LogP) is 3.83. The first-order valence-corrected chi connectivity index (χ1v) is 6.98. The van der Waals surface area contributed by atoms with Crippen molar-refractivity contribution in [3.8, 4) is 11.3 Å². The number of pyridine rings is 1. The highest BCUT2D eigenvalue weighted by molar-refractivity contribution is 5.72. The average molecular weight is 259 g/mol. The van der Waals surface area contributed by atoms with E-state index in [4.69, 9.17) is 10.3 Å². The van der Waals surface area contributed by atoms with Crippen molar-refractivity contribution in [3.05, 3.63) is 30.2 Å². The number of hydrogen-bond donors (Lipinski definition) is 1. The quantitative estimate of drug-likeness (QED) is 0.767. The molecule has 0 saturated carbocycles. The zero-order valence-corrected chi connectivity index (χ0v) is 11.4. The van der Waals surface area contributed by atoms with E-state index in [1.54, 1.807) is 6.20 Å². The van der Waals surface area contributed by atoms with Gasteiger partial charge < -0.3 is 10.3 Å². The van der Waals surface area contributed by atoms with Crippen molar-refractivity contribution >= 4 is 5.82 Å². The van der Waals surface area contributed by atoms with Crippen LogP contribution in [0.4, 0.5) is 5.82 Å². The minimum absolute atomic E-state index is 0.433. The molecule has 0 aliphatic rings. The van der Waals surface area contributed by atoms with Crippen LogP contribution in [-0.2, 0) is 6.42 Å². The van der Waals surface area contributed by atoms with Gasteiger partial charge in [0, 0.05) is 12.6 Å². The molecule has 102 valence electrons. The lowest BCUT2D eigenvalue weighted by molar-refractivity contribution is 0.381. The molecule has 2 aromatic rings. The fourth-order valence-corrected chi connectivity index (χ4v) is 2.18. The summed E-state index contributed by atoms with van der Waals surface area (Å²) in [6.07, 6.45) is 8.79. The van der Waals surface area contributed by atoms with E-state index in [9.17, 15) is 0 Å². The van der Waals surface area contributed by atoms with Gasteiger partial charge in [0.1, 0.15) is 5.76 Å². The van der Waals surface area contributed by atoms with E-state index in [0.717, 1.165) is 29.9 Å². The van der Waals surface area contributed by atoms with Gasteiger partial charge in [-0.25, -0.2) is 0 Å². The molecule has 19 heavy (non-hydrogen) atoms. The van der Waals surface area contributed by atoms with Crippen LogP contribution in [0.3, 0.4) is 0 Å². The summed E-state index contributed by atoms with van der Waals surface area (Å²) in [5, 5.41) is 3.87. The zero-order valence-electron chi connectivity index (χ0n) is 11.4. The molecular weight excluding hydrogens is 238 g/mol. The number of aryl methyl sites for hydroxylation is 1. The van der Waals surface area contributed by atoms with Crippen molar-refractivity contribution < 1.29 is 4.52 Å². The van der Waals surface area contributed by atoms with E-state index in [0.29, 0.717) is 5.82 Å². The van der Waals surface area contributed by atoms with Crippen molar-refractivity contribution in [2.24, 2.45) is 0 Å². The Balaban J connectivity index is 2.02. The molecule has 2 N–H and O–H groups in total. The number of nitrogens with zero attached hydrogens (tertiary/aromatic N) is 2. The summed E-state index contributed by atoms with van der Waals surface area (Å²) < 4.78 is 5.34. The summed E-state index contributed by atoms with van der Waals surface area (Å²) in [5.74, 6) is 1.29. The predicted molar refractivity (Wildman–Crippen MR) is 76.6 cm³/mol. The lowest BCUT2D eigenvalue weighted by Crippen LogP contribution is -1.93. The molecule has 0 unspecified atom stereocenters. The first-order valence-electron chi connectivity index (χ1n) is 6.98. The van der Waals surface area contributed by atoms with Crippen LogP contribution < -0.4 is 5.73 Å². The summed E-state index contributed by atoms with van der Waals surface area (Å²) in [7, 11) is 0. The molecule has 4 nitrogen and oxygen atoms in total. The van der Waals surface area contributed by atoms with Crippen LogP contribution in [0.15, 0.2) is 28.9 Å². The van der Waals surface area contributed by atoms with Crippen LogP contribution in [-0.4, -0.2) is 10.1 Å². The normalized spacial score (nSPS) is 10.8. The monoisotopic (exact) mass is 259 g/mol. The van der Waals surface area contributed by atoms with E-state index >= 15 is 0 Å². The molecular formula is C15H21N3O. The number of anilines is 1. The van der Waals surface area contributed by atoms with Gasteiger partial charge >= 0.3 is 0 Å². The second-order valence-electron chi connectivity index (χ2n) is 4.75. The maximum absolute atomic E-state index is 5.88. The fraction of sp³-hybridized carbons (Fsp3) is 0.467. The summed E-state index contributed by atoms with van der Waals surface area (Å²) in [4.78, 5) is 4.32. The Labute approximate surface area is 114 Å². The van der Waals surface area contributed by atoms with Gasteiger partial charge in [-0.3, -0.25) is 4.98 Å². The minimum atomic E-state index is 0.433. The molecule has 0 aliphatic carbocycles. The Kier molecular flexibility index (Phi) is 4.95. The molecule has 0 amide bonds. The van der Waals surface area contributed by atoms with Crippen LogP contribution in [0.5, 0.6) is 0 Å². The molecule has 0 radical (unpaired) electrons. The lowest BCUT2D eigenvalue weighted by atomic mass is 10.1. The van der Waals surface area contributed by atoms with Crippen LogP contribution in [0.2, 0.25) is 0 Å². The van der Waals surface area contributed by atoms with Gasteiger partial charge in [0.25, 0.3) is 0 Å². The van der Waals surface area contributed by atoms with Crippen LogP contribution >= 0.6 is 0 Å². The third-order valence-corrected chi connectivity index (χ3v) is 3.22. The first kappa shape index (κ1) is 13.6. The van der Waals surface area contributed by atoms with E-state index < -0.39 is 0 Å². The summed E-state index contributed by atoms with van der Waals surface area (Å²) in [5.41, 5.74) is 7.58. The topological polar surface area (TPSA) is 64.9 Å². The van der Waals surface area contributed by atoms with Gasteiger partial charge in [-0.15, -0.1) is 0 Å². The number of hydrogen-bond acceptors (Lipinski definition) is 4. The van der Waals surface area contributed by atoms with Crippen molar-refractivity contribution in [3.63, 3.8) is 0 Å². The summed E-state index contributed by atoms with van der Waals surface area (Å²) in [6.45, 7) is 2.22. The molecule has 0 saturated heterocycles. The van der Waals surface area contributed by atoms with E-state index in [2.05, 4.69) is 17.1 Å². The van der Waals surface area contributed by atoms with Gasteiger partial charge in [-0.1, -0.05) is 43.8 Å². The Hall–Kier alpha value is -1.84. The van der Waals surface area contributed by atoms with Gasteiger partial charge in [0.15, 0.2) is 5.82 Å². The van der Waals surface area contributed by atoms with Crippen molar-refractivity contribution in [1.82, 2.24) is 10.1 Å². The number of aromatic nitrogens is 2. The van der Waals surface area contributed by atoms with Crippen molar-refractivity contribution in [2.75, 3.05) is 5.73 Å². The van der Waals surface area contributed by atoms with Crippen molar-refractivity contribution in [1.29, 1.82) is 0 Å². The summed E-state index contributed by atoms with van der Waals surface area (Å²) >= 11 is 0. The van der Waals surface area contributed by atoms with E-state index in [1.807, 2.05) is 18.2 Å². The Morgan fingerprint density at radius 2 is 2.00 bits per heavy atom. The Bertz CT molecular complexity index is 493. The van der Waals surface area contributed by atoms with E-state index in [1.165, 1.54) is 25.7 Å². The molecule has 2 heterocycles. The average Bonchev–Trinajstić information content (AvgIpc) is 2.81.